The van der Waals surface area contributed by atoms with Crippen molar-refractivity contribution in [3.8, 4) is 0 Å². The summed E-state index contributed by atoms with van der Waals surface area (Å²) in [5.41, 5.74) is 12.5. The Morgan fingerprint density at radius 3 is 1.13 bits per heavy atom. The topological polar surface area (TPSA) is 6.48 Å². The summed E-state index contributed by atoms with van der Waals surface area (Å²) >= 11 is 0. The number of halogens is 1. The van der Waals surface area contributed by atoms with E-state index in [2.05, 4.69) is 192 Å². The number of benzene rings is 7. The summed E-state index contributed by atoms with van der Waals surface area (Å²) in [6, 6.07) is 68.9. The van der Waals surface area contributed by atoms with Crippen LogP contribution < -0.4 is 9.80 Å². The Bertz CT molecular complexity index is 2350. The largest absolute Gasteiger partial charge is 0.378 e. The Morgan fingerprint density at radius 1 is 0.382 bits per heavy atom. The summed E-state index contributed by atoms with van der Waals surface area (Å²) in [5.74, 6) is 1.76. The summed E-state index contributed by atoms with van der Waals surface area (Å²) in [6.07, 6.45) is 8.64. The molecule has 264 valence electrons. The molecule has 0 amide bonds. The molecule has 0 saturated heterocycles. The lowest BCUT2D eigenvalue weighted by atomic mass is 9.59. The molecule has 8 rings (SSSR count). The SMILES string of the molecule is FB1C=C(/C=C/c2ccc(N(c3ccccc3)c3ccccc3)cc2)C(c2ccccc2)=C(/C=C/c2ccc(N(c3ccccc3)c3ccccc3)cc2)C1. The van der Waals surface area contributed by atoms with Gasteiger partial charge in [-0.3, -0.25) is 0 Å². The van der Waals surface area contributed by atoms with Crippen molar-refractivity contribution in [3.63, 3.8) is 0 Å². The van der Waals surface area contributed by atoms with Gasteiger partial charge < -0.3 is 14.1 Å². The maximum absolute atomic E-state index is 15.6. The van der Waals surface area contributed by atoms with Gasteiger partial charge in [0.15, 0.2) is 0 Å². The first-order chi connectivity index (χ1) is 27.2. The van der Waals surface area contributed by atoms with E-state index in [9.17, 15) is 0 Å². The molecule has 0 radical (unpaired) electrons. The molecule has 7 aromatic rings. The van der Waals surface area contributed by atoms with E-state index in [1.165, 1.54) is 0 Å². The van der Waals surface area contributed by atoms with Gasteiger partial charge in [0.25, 0.3) is 0 Å². The van der Waals surface area contributed by atoms with E-state index in [-0.39, 0.29) is 0 Å². The molecule has 0 fully saturated rings. The molecule has 0 bridgehead atoms. The van der Waals surface area contributed by atoms with E-state index in [4.69, 9.17) is 0 Å². The molecule has 0 N–H and O–H groups in total. The van der Waals surface area contributed by atoms with Gasteiger partial charge in [0.1, 0.15) is 0 Å². The highest BCUT2D eigenvalue weighted by atomic mass is 19.1. The molecule has 0 unspecified atom stereocenters. The number of hydrogen-bond acceptors (Lipinski definition) is 2. The second-order valence-electron chi connectivity index (χ2n) is 13.5. The highest BCUT2D eigenvalue weighted by Crippen LogP contribution is 2.38. The zero-order valence-corrected chi connectivity index (χ0v) is 30.5. The Morgan fingerprint density at radius 2 is 0.727 bits per heavy atom. The lowest BCUT2D eigenvalue weighted by molar-refractivity contribution is 0.841. The molecule has 0 spiro atoms. The highest BCUT2D eigenvalue weighted by molar-refractivity contribution is 6.59. The Balaban J connectivity index is 1.08. The fraction of sp³-hybridized carbons (Fsp3) is 0.0196. The van der Waals surface area contributed by atoms with Crippen molar-refractivity contribution in [3.05, 3.63) is 246 Å². The van der Waals surface area contributed by atoms with Crippen LogP contribution in [-0.4, -0.2) is 6.99 Å². The van der Waals surface area contributed by atoms with Gasteiger partial charge in [-0.2, -0.15) is 0 Å². The standard InChI is InChI=1S/C51H40BFN2/c53-52-38-43(32-26-40-28-34-49(35-29-40)54(45-18-8-2-9-19-45)46-20-10-3-11-21-46)51(42-16-6-1-7-17-42)44(39-52)33-27-41-30-36-50(37-31-41)55(47-22-12-4-13-23-47)48-24-14-5-15-25-48/h1-38H,39H2/b32-26+,33-27+. The van der Waals surface area contributed by atoms with Gasteiger partial charge in [0.05, 0.1) is 0 Å². The van der Waals surface area contributed by atoms with Gasteiger partial charge in [-0.25, -0.2) is 0 Å². The number of anilines is 6. The molecule has 4 heteroatoms. The van der Waals surface area contributed by atoms with Gasteiger partial charge in [-0.15, -0.1) is 0 Å². The normalized spacial score (nSPS) is 13.0. The zero-order chi connectivity index (χ0) is 37.2. The van der Waals surface area contributed by atoms with Crippen molar-refractivity contribution in [2.75, 3.05) is 9.80 Å². The number of allylic oxidation sites excluding steroid dienone is 5. The van der Waals surface area contributed by atoms with Crippen molar-refractivity contribution in [2.45, 2.75) is 6.32 Å². The summed E-state index contributed by atoms with van der Waals surface area (Å²) < 4.78 is 15.6. The maximum Gasteiger partial charge on any atom is 0.378 e. The molecule has 0 aromatic heterocycles. The van der Waals surface area contributed by atoms with Crippen LogP contribution in [-0.2, 0) is 0 Å². The third-order valence-electron chi connectivity index (χ3n) is 9.74. The molecule has 0 saturated carbocycles. The first-order valence-corrected chi connectivity index (χ1v) is 18.7. The van der Waals surface area contributed by atoms with Crippen LogP contribution in [0, 0.1) is 0 Å². The maximum atomic E-state index is 15.6. The van der Waals surface area contributed by atoms with Gasteiger partial charge in [0.2, 0.25) is 0 Å². The second-order valence-corrected chi connectivity index (χ2v) is 13.5. The molecule has 7 aromatic carbocycles. The van der Waals surface area contributed by atoms with Crippen molar-refractivity contribution < 1.29 is 4.32 Å². The van der Waals surface area contributed by atoms with Crippen LogP contribution in [0.5, 0.6) is 0 Å². The summed E-state index contributed by atoms with van der Waals surface area (Å²) in [7, 11) is 0. The molecule has 0 atom stereocenters. The molecule has 1 aliphatic heterocycles. The average molecular weight is 711 g/mol. The van der Waals surface area contributed by atoms with Crippen LogP contribution in [0.15, 0.2) is 229 Å². The average Bonchev–Trinajstić information content (AvgIpc) is 3.25. The molecule has 1 heterocycles. The molecular weight excluding hydrogens is 670 g/mol. The van der Waals surface area contributed by atoms with E-state index in [1.807, 2.05) is 42.5 Å². The Hall–Kier alpha value is -6.91. The number of hydrogen-bond donors (Lipinski definition) is 0. The zero-order valence-electron chi connectivity index (χ0n) is 30.5. The van der Waals surface area contributed by atoms with Crippen molar-refractivity contribution in [1.82, 2.24) is 0 Å². The van der Waals surface area contributed by atoms with Crippen molar-refractivity contribution >= 4 is 58.8 Å². The van der Waals surface area contributed by atoms with E-state index >= 15 is 4.32 Å². The van der Waals surface area contributed by atoms with Gasteiger partial charge in [-0.1, -0.05) is 158 Å². The Kier molecular flexibility index (Phi) is 10.8. The van der Waals surface area contributed by atoms with Crippen LogP contribution in [0.2, 0.25) is 6.32 Å². The van der Waals surface area contributed by atoms with Crippen LogP contribution in [0.1, 0.15) is 16.7 Å². The van der Waals surface area contributed by atoms with E-state index in [0.717, 1.165) is 67.5 Å². The third kappa shape index (κ3) is 8.35. The van der Waals surface area contributed by atoms with E-state index < -0.39 is 6.99 Å². The summed E-state index contributed by atoms with van der Waals surface area (Å²) in [6.45, 7) is -1.09. The minimum atomic E-state index is -1.09. The summed E-state index contributed by atoms with van der Waals surface area (Å²) in [4.78, 5) is 4.49. The van der Waals surface area contributed by atoms with Crippen LogP contribution in [0.4, 0.5) is 38.4 Å². The predicted octanol–water partition coefficient (Wildman–Crippen LogP) is 14.2. The van der Waals surface area contributed by atoms with Gasteiger partial charge in [-0.05, 0) is 113 Å². The third-order valence-corrected chi connectivity index (χ3v) is 9.74. The van der Waals surface area contributed by atoms with E-state index in [0.29, 0.717) is 6.32 Å². The van der Waals surface area contributed by atoms with Gasteiger partial charge in [0, 0.05) is 34.1 Å². The van der Waals surface area contributed by atoms with Crippen LogP contribution in [0.25, 0.3) is 17.7 Å². The molecule has 55 heavy (non-hydrogen) atoms. The number of nitrogens with zero attached hydrogens (tertiary/aromatic N) is 2. The van der Waals surface area contributed by atoms with Crippen molar-refractivity contribution in [1.29, 1.82) is 0 Å². The predicted molar refractivity (Wildman–Crippen MR) is 233 cm³/mol. The monoisotopic (exact) mass is 710 g/mol. The second kappa shape index (κ2) is 16.8. The lowest BCUT2D eigenvalue weighted by Crippen LogP contribution is -2.11. The molecular formula is C51H40BFN2. The smallest absolute Gasteiger partial charge is 0.330 e. The Labute approximate surface area is 324 Å². The first-order valence-electron chi connectivity index (χ1n) is 18.7. The lowest BCUT2D eigenvalue weighted by Gasteiger charge is -2.25. The first kappa shape index (κ1) is 35.1. The van der Waals surface area contributed by atoms with Gasteiger partial charge >= 0.3 is 6.99 Å². The molecule has 2 nitrogen and oxygen atoms in total. The minimum Gasteiger partial charge on any atom is -0.330 e. The van der Waals surface area contributed by atoms with Crippen LogP contribution in [0.3, 0.4) is 0 Å². The van der Waals surface area contributed by atoms with Crippen molar-refractivity contribution in [2.24, 2.45) is 0 Å². The fourth-order valence-electron chi connectivity index (χ4n) is 7.14. The van der Waals surface area contributed by atoms with Crippen LogP contribution >= 0.6 is 0 Å². The number of rotatable bonds is 11. The quantitative estimate of drug-likeness (QED) is 0.123. The minimum absolute atomic E-state index is 0.315. The number of para-hydroxylation sites is 4. The molecule has 0 aliphatic carbocycles. The van der Waals surface area contributed by atoms with E-state index in [1.54, 1.807) is 5.98 Å². The fourth-order valence-corrected chi connectivity index (χ4v) is 7.14. The highest BCUT2D eigenvalue weighted by Gasteiger charge is 2.24. The molecule has 1 aliphatic rings. The summed E-state index contributed by atoms with van der Waals surface area (Å²) in [5, 5.41) is 0.